The Labute approximate surface area is 110 Å². The fourth-order valence-electron chi connectivity index (χ4n) is 1.87. The number of carbonyl (C=O) groups is 1. The van der Waals surface area contributed by atoms with E-state index in [9.17, 15) is 4.79 Å². The lowest BCUT2D eigenvalue weighted by molar-refractivity contribution is 0.110. The van der Waals surface area contributed by atoms with Crippen LogP contribution in [-0.2, 0) is 4.74 Å². The molecule has 2 rings (SSSR count). The van der Waals surface area contributed by atoms with Crippen molar-refractivity contribution in [3.05, 3.63) is 22.4 Å². The van der Waals surface area contributed by atoms with Crippen LogP contribution in [0.5, 0.6) is 0 Å². The lowest BCUT2D eigenvalue weighted by Crippen LogP contribution is -2.33. The van der Waals surface area contributed by atoms with Crippen molar-refractivity contribution in [2.45, 2.75) is 18.6 Å². The second-order valence-corrected chi connectivity index (χ2v) is 6.14. The van der Waals surface area contributed by atoms with Crippen molar-refractivity contribution in [1.82, 2.24) is 4.90 Å². The summed E-state index contributed by atoms with van der Waals surface area (Å²) >= 11 is 3.75. The summed E-state index contributed by atoms with van der Waals surface area (Å²) in [7, 11) is 0. The predicted octanol–water partition coefficient (Wildman–Crippen LogP) is 3.38. The first kappa shape index (κ1) is 12.8. The summed E-state index contributed by atoms with van der Waals surface area (Å²) in [6.45, 7) is 3.90. The van der Waals surface area contributed by atoms with Gasteiger partial charge in [-0.1, -0.05) is 6.07 Å². The maximum atomic E-state index is 11.6. The molecule has 0 spiro atoms. The van der Waals surface area contributed by atoms with Crippen LogP contribution in [0.1, 0.15) is 23.5 Å². The van der Waals surface area contributed by atoms with Crippen molar-refractivity contribution in [3.8, 4) is 0 Å². The largest absolute Gasteiger partial charge is 0.450 e. The summed E-state index contributed by atoms with van der Waals surface area (Å²) in [5, 5.41) is 2.65. The molecule has 5 heteroatoms. The third-order valence-corrected chi connectivity index (χ3v) is 5.17. The molecule has 1 aliphatic rings. The fourth-order valence-corrected chi connectivity index (χ4v) is 4.11. The number of carbonyl (C=O) groups excluding carboxylic acids is 1. The van der Waals surface area contributed by atoms with Crippen LogP contribution in [0.2, 0.25) is 0 Å². The van der Waals surface area contributed by atoms with Gasteiger partial charge in [0.15, 0.2) is 0 Å². The first-order valence-electron chi connectivity index (χ1n) is 5.88. The van der Waals surface area contributed by atoms with E-state index in [0.717, 1.165) is 25.3 Å². The van der Waals surface area contributed by atoms with Gasteiger partial charge in [-0.25, -0.2) is 4.79 Å². The summed E-state index contributed by atoms with van der Waals surface area (Å²) in [6, 6.07) is 4.27. The molecular weight excluding hydrogens is 254 g/mol. The van der Waals surface area contributed by atoms with E-state index in [1.165, 1.54) is 4.88 Å². The average molecular weight is 271 g/mol. The molecule has 17 heavy (non-hydrogen) atoms. The second-order valence-electron chi connectivity index (χ2n) is 3.85. The Hall–Kier alpha value is -0.680. The predicted molar refractivity (Wildman–Crippen MR) is 72.7 cm³/mol. The van der Waals surface area contributed by atoms with Gasteiger partial charge in [0.1, 0.15) is 0 Å². The van der Waals surface area contributed by atoms with E-state index in [0.29, 0.717) is 11.9 Å². The number of ether oxygens (including phenoxy) is 1. The summed E-state index contributed by atoms with van der Waals surface area (Å²) in [4.78, 5) is 14.9. The van der Waals surface area contributed by atoms with Crippen LogP contribution in [0.25, 0.3) is 0 Å². The Morgan fingerprint density at radius 3 is 3.18 bits per heavy atom. The van der Waals surface area contributed by atoms with Crippen LogP contribution in [0, 0.1) is 0 Å². The normalized spacial score (nSPS) is 21.0. The van der Waals surface area contributed by atoms with Gasteiger partial charge >= 0.3 is 6.09 Å². The minimum absolute atomic E-state index is 0.167. The molecule has 0 aromatic carbocycles. The van der Waals surface area contributed by atoms with Gasteiger partial charge in [-0.05, 0) is 24.8 Å². The second kappa shape index (κ2) is 6.31. The third kappa shape index (κ3) is 3.39. The van der Waals surface area contributed by atoms with Crippen LogP contribution >= 0.6 is 23.1 Å². The van der Waals surface area contributed by atoms with Gasteiger partial charge in [0, 0.05) is 29.0 Å². The average Bonchev–Trinajstić information content (AvgIpc) is 2.74. The van der Waals surface area contributed by atoms with E-state index >= 15 is 0 Å². The standard InChI is InChI=1S/C12H17NO2S2/c1-2-15-12(14)13-6-5-11(17-9-7-13)10-4-3-8-16-10/h3-4,8,11H,2,5-7,9H2,1H3. The van der Waals surface area contributed by atoms with Crippen molar-refractivity contribution in [2.75, 3.05) is 25.4 Å². The van der Waals surface area contributed by atoms with Crippen molar-refractivity contribution in [2.24, 2.45) is 0 Å². The highest BCUT2D eigenvalue weighted by atomic mass is 32.2. The van der Waals surface area contributed by atoms with Gasteiger partial charge in [-0.2, -0.15) is 11.8 Å². The lowest BCUT2D eigenvalue weighted by atomic mass is 10.2. The van der Waals surface area contributed by atoms with Gasteiger partial charge in [0.05, 0.1) is 6.61 Å². The molecular formula is C12H17NO2S2. The van der Waals surface area contributed by atoms with Crippen LogP contribution < -0.4 is 0 Å². The zero-order valence-electron chi connectivity index (χ0n) is 9.93. The summed E-state index contributed by atoms with van der Waals surface area (Å²) in [5.41, 5.74) is 0. The monoisotopic (exact) mass is 271 g/mol. The Kier molecular flexibility index (Phi) is 4.74. The van der Waals surface area contributed by atoms with Gasteiger partial charge in [0.25, 0.3) is 0 Å². The third-order valence-electron chi connectivity index (χ3n) is 2.73. The molecule has 1 saturated heterocycles. The molecule has 1 aromatic heterocycles. The van der Waals surface area contributed by atoms with E-state index < -0.39 is 0 Å². The topological polar surface area (TPSA) is 29.5 Å². The van der Waals surface area contributed by atoms with Gasteiger partial charge in [-0.15, -0.1) is 11.3 Å². The SMILES string of the molecule is CCOC(=O)N1CCSC(c2cccs2)CC1. The zero-order chi connectivity index (χ0) is 12.1. The number of rotatable bonds is 2. The van der Waals surface area contributed by atoms with E-state index in [1.54, 1.807) is 11.3 Å². The summed E-state index contributed by atoms with van der Waals surface area (Å²) in [5.74, 6) is 0.987. The molecule has 0 saturated carbocycles. The maximum Gasteiger partial charge on any atom is 0.409 e. The number of thioether (sulfide) groups is 1. The van der Waals surface area contributed by atoms with Crippen LogP contribution in [0.4, 0.5) is 4.79 Å². The quantitative estimate of drug-likeness (QED) is 0.826. The molecule has 2 heterocycles. The minimum atomic E-state index is -0.167. The minimum Gasteiger partial charge on any atom is -0.450 e. The number of thiophene rings is 1. The van der Waals surface area contributed by atoms with Crippen LogP contribution in [0.15, 0.2) is 17.5 Å². The smallest absolute Gasteiger partial charge is 0.409 e. The van der Waals surface area contributed by atoms with Crippen molar-refractivity contribution < 1.29 is 9.53 Å². The molecule has 1 aliphatic heterocycles. The van der Waals surface area contributed by atoms with E-state index in [-0.39, 0.29) is 6.09 Å². The fraction of sp³-hybridized carbons (Fsp3) is 0.583. The van der Waals surface area contributed by atoms with Crippen molar-refractivity contribution >= 4 is 29.2 Å². The molecule has 0 N–H and O–H groups in total. The summed E-state index contributed by atoms with van der Waals surface area (Å²) in [6.07, 6.45) is 0.851. The summed E-state index contributed by atoms with van der Waals surface area (Å²) < 4.78 is 5.04. The molecule has 1 amide bonds. The van der Waals surface area contributed by atoms with Crippen LogP contribution in [-0.4, -0.2) is 36.4 Å². The van der Waals surface area contributed by atoms with Crippen LogP contribution in [0.3, 0.4) is 0 Å². The molecule has 94 valence electrons. The molecule has 0 radical (unpaired) electrons. The van der Waals surface area contributed by atoms with Crippen molar-refractivity contribution in [1.29, 1.82) is 0 Å². The number of amides is 1. The highest BCUT2D eigenvalue weighted by Gasteiger charge is 2.22. The molecule has 1 atom stereocenters. The van der Waals surface area contributed by atoms with Gasteiger partial charge in [-0.3, -0.25) is 0 Å². The Balaban J connectivity index is 1.91. The van der Waals surface area contributed by atoms with E-state index in [2.05, 4.69) is 17.5 Å². The highest BCUT2D eigenvalue weighted by Crippen LogP contribution is 2.36. The highest BCUT2D eigenvalue weighted by molar-refractivity contribution is 7.99. The Morgan fingerprint density at radius 2 is 2.47 bits per heavy atom. The van der Waals surface area contributed by atoms with Gasteiger partial charge < -0.3 is 9.64 Å². The zero-order valence-corrected chi connectivity index (χ0v) is 11.6. The molecule has 1 aromatic rings. The first-order chi connectivity index (χ1) is 8.31. The lowest BCUT2D eigenvalue weighted by Gasteiger charge is -2.18. The molecule has 0 bridgehead atoms. The van der Waals surface area contributed by atoms with E-state index in [1.807, 2.05) is 23.6 Å². The number of hydrogen-bond acceptors (Lipinski definition) is 4. The Bertz CT molecular complexity index is 353. The molecule has 1 unspecified atom stereocenters. The molecule has 1 fully saturated rings. The Morgan fingerprint density at radius 1 is 1.59 bits per heavy atom. The van der Waals surface area contributed by atoms with Crippen molar-refractivity contribution in [3.63, 3.8) is 0 Å². The van der Waals surface area contributed by atoms with E-state index in [4.69, 9.17) is 4.74 Å². The molecule has 0 aliphatic carbocycles. The molecule has 3 nitrogen and oxygen atoms in total. The number of hydrogen-bond donors (Lipinski definition) is 0. The maximum absolute atomic E-state index is 11.6. The van der Waals surface area contributed by atoms with Gasteiger partial charge in [0.2, 0.25) is 0 Å². The first-order valence-corrected chi connectivity index (χ1v) is 7.80. The number of nitrogens with zero attached hydrogens (tertiary/aromatic N) is 1.